The first-order valence-corrected chi connectivity index (χ1v) is 6.06. The van der Waals surface area contributed by atoms with Crippen molar-refractivity contribution in [1.29, 1.82) is 0 Å². The molecule has 2 aromatic carbocycles. The summed E-state index contributed by atoms with van der Waals surface area (Å²) in [4.78, 5) is 22.8. The van der Waals surface area contributed by atoms with E-state index in [1.807, 2.05) is 0 Å². The topological polar surface area (TPSA) is 107 Å². The van der Waals surface area contributed by atoms with E-state index >= 15 is 0 Å². The molecule has 0 aliphatic heterocycles. The molecule has 4 N–H and O–H groups in total. The Kier molecular flexibility index (Phi) is 3.80. The van der Waals surface area contributed by atoms with Crippen LogP contribution >= 0.6 is 0 Å². The molecule has 0 bridgehead atoms. The van der Waals surface area contributed by atoms with Crippen LogP contribution in [0, 0.1) is 6.92 Å². The fourth-order valence-electron chi connectivity index (χ4n) is 1.79. The molecule has 0 aromatic heterocycles. The number of carboxylic acid groups (broad SMARTS) is 1. The van der Waals surface area contributed by atoms with Gasteiger partial charge in [0.05, 0.1) is 0 Å². The number of benzene rings is 2. The molecular weight excluding hydrogens is 274 g/mol. The van der Waals surface area contributed by atoms with E-state index in [9.17, 15) is 19.8 Å². The Hall–Kier alpha value is -3.02. The van der Waals surface area contributed by atoms with Crippen molar-refractivity contribution in [2.45, 2.75) is 6.92 Å². The van der Waals surface area contributed by atoms with Crippen LogP contribution in [0.2, 0.25) is 0 Å². The maximum absolute atomic E-state index is 12.0. The minimum atomic E-state index is -1.25. The van der Waals surface area contributed by atoms with Gasteiger partial charge in [-0.15, -0.1) is 0 Å². The van der Waals surface area contributed by atoms with Crippen LogP contribution in [0.5, 0.6) is 11.5 Å². The Morgan fingerprint density at radius 2 is 1.71 bits per heavy atom. The van der Waals surface area contributed by atoms with Crippen LogP contribution in [0.4, 0.5) is 5.69 Å². The van der Waals surface area contributed by atoms with E-state index < -0.39 is 17.6 Å². The number of rotatable bonds is 3. The number of phenolic OH excluding ortho intramolecular Hbond substituents is 1. The first kappa shape index (κ1) is 14.4. The minimum absolute atomic E-state index is 0.0926. The summed E-state index contributed by atoms with van der Waals surface area (Å²) in [6.07, 6.45) is 0. The Bertz CT molecular complexity index is 724. The SMILES string of the molecule is Cc1cc(C(=O)Nc2ccc(C(=O)O)c(O)c2)ccc1O. The third-order valence-corrected chi connectivity index (χ3v) is 2.94. The van der Waals surface area contributed by atoms with Crippen molar-refractivity contribution in [3.63, 3.8) is 0 Å². The number of anilines is 1. The molecule has 6 heteroatoms. The smallest absolute Gasteiger partial charge is 0.339 e. The second-order valence-corrected chi connectivity index (χ2v) is 4.49. The van der Waals surface area contributed by atoms with Gasteiger partial charge in [0.25, 0.3) is 5.91 Å². The van der Waals surface area contributed by atoms with Crippen LogP contribution in [0.15, 0.2) is 36.4 Å². The number of phenols is 2. The molecule has 0 saturated carbocycles. The van der Waals surface area contributed by atoms with Gasteiger partial charge < -0.3 is 20.6 Å². The number of amides is 1. The highest BCUT2D eigenvalue weighted by Crippen LogP contribution is 2.23. The second kappa shape index (κ2) is 5.54. The van der Waals surface area contributed by atoms with Crippen molar-refractivity contribution >= 4 is 17.6 Å². The zero-order valence-electron chi connectivity index (χ0n) is 11.1. The van der Waals surface area contributed by atoms with Gasteiger partial charge in [-0.25, -0.2) is 4.79 Å². The highest BCUT2D eigenvalue weighted by molar-refractivity contribution is 6.05. The highest BCUT2D eigenvalue weighted by atomic mass is 16.4. The van der Waals surface area contributed by atoms with Crippen LogP contribution in [0.1, 0.15) is 26.3 Å². The first-order chi connectivity index (χ1) is 9.88. The van der Waals surface area contributed by atoms with Crippen molar-refractivity contribution in [1.82, 2.24) is 0 Å². The van der Waals surface area contributed by atoms with E-state index in [-0.39, 0.29) is 17.0 Å². The van der Waals surface area contributed by atoms with Gasteiger partial charge in [-0.3, -0.25) is 4.79 Å². The van der Waals surface area contributed by atoms with Crippen LogP contribution in [0.3, 0.4) is 0 Å². The number of aromatic hydroxyl groups is 2. The third-order valence-electron chi connectivity index (χ3n) is 2.94. The summed E-state index contributed by atoms with van der Waals surface area (Å²) in [5.74, 6) is -2.02. The normalized spacial score (nSPS) is 10.1. The molecule has 0 aliphatic carbocycles. The number of nitrogens with one attached hydrogen (secondary N) is 1. The Labute approximate surface area is 120 Å². The molecule has 0 fully saturated rings. The van der Waals surface area contributed by atoms with E-state index in [4.69, 9.17) is 5.11 Å². The molecular formula is C15H13NO5. The standard InChI is InChI=1S/C15H13NO5/c1-8-6-9(2-5-12(8)17)14(19)16-10-3-4-11(15(20)21)13(18)7-10/h2-7,17-18H,1H3,(H,16,19)(H,20,21). The number of aryl methyl sites for hydroxylation is 1. The average Bonchev–Trinajstić information content (AvgIpc) is 2.41. The molecule has 0 spiro atoms. The number of carboxylic acids is 1. The Morgan fingerprint density at radius 3 is 2.29 bits per heavy atom. The third kappa shape index (κ3) is 3.11. The van der Waals surface area contributed by atoms with Gasteiger partial charge in [0.1, 0.15) is 17.1 Å². The summed E-state index contributed by atoms with van der Waals surface area (Å²) in [5, 5.41) is 30.3. The van der Waals surface area contributed by atoms with Crippen molar-refractivity contribution in [2.75, 3.05) is 5.32 Å². The van der Waals surface area contributed by atoms with E-state index in [1.165, 1.54) is 30.3 Å². The minimum Gasteiger partial charge on any atom is -0.508 e. The predicted molar refractivity (Wildman–Crippen MR) is 75.9 cm³/mol. The Morgan fingerprint density at radius 1 is 1.00 bits per heavy atom. The predicted octanol–water partition coefficient (Wildman–Crippen LogP) is 2.36. The highest BCUT2D eigenvalue weighted by Gasteiger charge is 2.12. The van der Waals surface area contributed by atoms with Gasteiger partial charge in [0.2, 0.25) is 0 Å². The molecule has 108 valence electrons. The summed E-state index contributed by atoms with van der Waals surface area (Å²) in [7, 11) is 0. The van der Waals surface area contributed by atoms with Gasteiger partial charge in [0, 0.05) is 17.3 Å². The summed E-state index contributed by atoms with van der Waals surface area (Å²) in [6, 6.07) is 8.15. The lowest BCUT2D eigenvalue weighted by molar-refractivity contribution is 0.0693. The summed E-state index contributed by atoms with van der Waals surface area (Å²) in [5.41, 5.74) is 0.931. The average molecular weight is 287 g/mol. The first-order valence-electron chi connectivity index (χ1n) is 6.06. The van der Waals surface area contributed by atoms with E-state index in [0.29, 0.717) is 11.1 Å². The molecule has 2 aromatic rings. The van der Waals surface area contributed by atoms with Crippen molar-refractivity contribution in [2.24, 2.45) is 0 Å². The number of hydrogen-bond acceptors (Lipinski definition) is 4. The lowest BCUT2D eigenvalue weighted by atomic mass is 10.1. The lowest BCUT2D eigenvalue weighted by Crippen LogP contribution is -2.12. The molecule has 2 rings (SSSR count). The zero-order chi connectivity index (χ0) is 15.6. The molecule has 0 atom stereocenters. The van der Waals surface area contributed by atoms with Crippen LogP contribution < -0.4 is 5.32 Å². The van der Waals surface area contributed by atoms with Crippen LogP contribution in [0.25, 0.3) is 0 Å². The number of carbonyl (C=O) groups is 2. The molecule has 1 amide bonds. The summed E-state index contributed by atoms with van der Waals surface area (Å²) in [6.45, 7) is 1.67. The van der Waals surface area contributed by atoms with E-state index in [1.54, 1.807) is 6.92 Å². The number of carbonyl (C=O) groups excluding carboxylic acids is 1. The van der Waals surface area contributed by atoms with Crippen LogP contribution in [-0.4, -0.2) is 27.2 Å². The monoisotopic (exact) mass is 287 g/mol. The number of aromatic carboxylic acids is 1. The van der Waals surface area contributed by atoms with Crippen molar-refractivity contribution in [3.8, 4) is 11.5 Å². The molecule has 0 radical (unpaired) electrons. The maximum Gasteiger partial charge on any atom is 0.339 e. The fraction of sp³-hybridized carbons (Fsp3) is 0.0667. The largest absolute Gasteiger partial charge is 0.508 e. The van der Waals surface area contributed by atoms with Crippen molar-refractivity contribution < 1.29 is 24.9 Å². The second-order valence-electron chi connectivity index (χ2n) is 4.49. The maximum atomic E-state index is 12.0. The molecule has 0 aliphatic rings. The van der Waals surface area contributed by atoms with Gasteiger partial charge in [-0.1, -0.05) is 0 Å². The van der Waals surface area contributed by atoms with E-state index in [2.05, 4.69) is 5.32 Å². The lowest BCUT2D eigenvalue weighted by Gasteiger charge is -2.08. The summed E-state index contributed by atoms with van der Waals surface area (Å²) >= 11 is 0. The van der Waals surface area contributed by atoms with Gasteiger partial charge in [0.15, 0.2) is 0 Å². The quantitative estimate of drug-likeness (QED) is 0.693. The van der Waals surface area contributed by atoms with Gasteiger partial charge >= 0.3 is 5.97 Å². The molecule has 0 saturated heterocycles. The Balaban J connectivity index is 2.21. The van der Waals surface area contributed by atoms with Crippen molar-refractivity contribution in [3.05, 3.63) is 53.1 Å². The van der Waals surface area contributed by atoms with Gasteiger partial charge in [-0.2, -0.15) is 0 Å². The van der Waals surface area contributed by atoms with Gasteiger partial charge in [-0.05, 0) is 42.8 Å². The van der Waals surface area contributed by atoms with Crippen LogP contribution in [-0.2, 0) is 0 Å². The summed E-state index contributed by atoms with van der Waals surface area (Å²) < 4.78 is 0. The fourth-order valence-corrected chi connectivity index (χ4v) is 1.79. The molecule has 6 nitrogen and oxygen atoms in total. The molecule has 21 heavy (non-hydrogen) atoms. The van der Waals surface area contributed by atoms with E-state index in [0.717, 1.165) is 6.07 Å². The zero-order valence-corrected chi connectivity index (χ0v) is 11.1. The molecule has 0 heterocycles. The number of hydrogen-bond donors (Lipinski definition) is 4. The molecule has 0 unspecified atom stereocenters.